The summed E-state index contributed by atoms with van der Waals surface area (Å²) in [7, 11) is 0. The van der Waals surface area contributed by atoms with Crippen molar-refractivity contribution in [1.29, 1.82) is 0 Å². The summed E-state index contributed by atoms with van der Waals surface area (Å²) in [5.41, 5.74) is -0.0900. The Bertz CT molecular complexity index is 250. The van der Waals surface area contributed by atoms with Gasteiger partial charge in [0.15, 0.2) is 0 Å². The number of fused-ring (bicyclic) bond motifs is 1. The van der Waals surface area contributed by atoms with Crippen LogP contribution in [0.4, 0.5) is 0 Å². The molecule has 0 radical (unpaired) electrons. The van der Waals surface area contributed by atoms with Gasteiger partial charge in [-0.15, -0.1) is 0 Å². The number of hydrogen-bond acceptors (Lipinski definition) is 3. The molecule has 0 saturated heterocycles. The van der Waals surface area contributed by atoms with Crippen molar-refractivity contribution in [3.8, 4) is 0 Å². The predicted molar refractivity (Wildman–Crippen MR) is 64.0 cm³/mol. The molecular weight excluding hydrogens is 208 g/mol. The Hall–Kier alpha value is 0.270. The Morgan fingerprint density at radius 2 is 1.93 bits per heavy atom. The summed E-state index contributed by atoms with van der Waals surface area (Å²) in [6, 6.07) is 0. The second-order valence-corrected chi connectivity index (χ2v) is 7.23. The van der Waals surface area contributed by atoms with Crippen molar-refractivity contribution in [2.75, 3.05) is 12.4 Å². The molecule has 0 bridgehead atoms. The quantitative estimate of drug-likeness (QED) is 0.778. The molecule has 2 saturated carbocycles. The van der Waals surface area contributed by atoms with Gasteiger partial charge in [-0.25, -0.2) is 0 Å². The lowest BCUT2D eigenvalue weighted by Crippen LogP contribution is -2.41. The fourth-order valence-electron chi connectivity index (χ4n) is 3.23. The Kier molecular flexibility index (Phi) is 2.85. The molecule has 4 atom stereocenters. The first-order chi connectivity index (χ1) is 6.89. The molecule has 88 valence electrons. The van der Waals surface area contributed by atoms with E-state index in [0.29, 0.717) is 10.7 Å². The van der Waals surface area contributed by atoms with Gasteiger partial charge in [0.05, 0.1) is 12.2 Å². The highest BCUT2D eigenvalue weighted by molar-refractivity contribution is 8.00. The molecule has 2 aliphatic carbocycles. The minimum absolute atomic E-state index is 0.217. The zero-order valence-electron chi connectivity index (χ0n) is 9.86. The molecule has 0 spiro atoms. The lowest BCUT2D eigenvalue weighted by Gasteiger charge is -2.36. The zero-order chi connectivity index (χ0) is 11.3. The minimum atomic E-state index is -0.533. The first kappa shape index (κ1) is 11.7. The van der Waals surface area contributed by atoms with Crippen molar-refractivity contribution < 1.29 is 10.2 Å². The van der Waals surface area contributed by atoms with E-state index in [2.05, 4.69) is 13.8 Å². The Labute approximate surface area is 96.5 Å². The second-order valence-electron chi connectivity index (χ2n) is 5.91. The molecule has 0 aromatic rings. The largest absolute Gasteiger partial charge is 0.396 e. The van der Waals surface area contributed by atoms with E-state index in [9.17, 15) is 5.11 Å². The molecule has 0 aromatic heterocycles. The highest BCUT2D eigenvalue weighted by atomic mass is 32.2. The van der Waals surface area contributed by atoms with Crippen LogP contribution in [0.25, 0.3) is 0 Å². The molecule has 0 amide bonds. The van der Waals surface area contributed by atoms with Gasteiger partial charge >= 0.3 is 0 Å². The maximum absolute atomic E-state index is 10.4. The maximum atomic E-state index is 10.4. The topological polar surface area (TPSA) is 40.5 Å². The smallest absolute Gasteiger partial charge is 0.0740 e. The molecule has 0 aromatic carbocycles. The highest BCUT2D eigenvalue weighted by Gasteiger charge is 2.63. The maximum Gasteiger partial charge on any atom is 0.0740 e. The molecule has 3 heteroatoms. The van der Waals surface area contributed by atoms with Crippen LogP contribution in [-0.2, 0) is 0 Å². The van der Waals surface area contributed by atoms with Crippen LogP contribution >= 0.6 is 11.8 Å². The Morgan fingerprint density at radius 1 is 1.27 bits per heavy atom. The van der Waals surface area contributed by atoms with E-state index >= 15 is 0 Å². The van der Waals surface area contributed by atoms with E-state index in [0.717, 1.165) is 30.4 Å². The summed E-state index contributed by atoms with van der Waals surface area (Å²) in [6.45, 7) is 6.82. The van der Waals surface area contributed by atoms with Crippen LogP contribution in [0.1, 0.15) is 33.6 Å². The van der Waals surface area contributed by atoms with E-state index in [4.69, 9.17) is 5.11 Å². The van der Waals surface area contributed by atoms with E-state index < -0.39 is 5.60 Å². The Balaban J connectivity index is 2.00. The molecule has 2 N–H and O–H groups in total. The van der Waals surface area contributed by atoms with Gasteiger partial charge in [0.1, 0.15) is 0 Å². The molecule has 2 nitrogen and oxygen atoms in total. The number of aliphatic hydroxyl groups is 2. The Morgan fingerprint density at radius 3 is 2.53 bits per heavy atom. The van der Waals surface area contributed by atoms with Crippen molar-refractivity contribution in [3.63, 3.8) is 0 Å². The second kappa shape index (κ2) is 3.64. The van der Waals surface area contributed by atoms with Crippen molar-refractivity contribution in [2.24, 2.45) is 17.3 Å². The summed E-state index contributed by atoms with van der Waals surface area (Å²) < 4.78 is 0. The molecule has 15 heavy (non-hydrogen) atoms. The average Bonchev–Trinajstić information content (AvgIpc) is 2.62. The van der Waals surface area contributed by atoms with Crippen LogP contribution in [0.2, 0.25) is 0 Å². The third-order valence-corrected chi connectivity index (χ3v) is 6.01. The van der Waals surface area contributed by atoms with Crippen LogP contribution in [0.15, 0.2) is 0 Å². The van der Waals surface area contributed by atoms with E-state index in [-0.39, 0.29) is 6.61 Å². The molecule has 2 fully saturated rings. The fourth-order valence-corrected chi connectivity index (χ4v) is 4.42. The number of hydrogen-bond donors (Lipinski definition) is 2. The summed E-state index contributed by atoms with van der Waals surface area (Å²) >= 11 is 1.74. The van der Waals surface area contributed by atoms with Gasteiger partial charge in [-0.2, -0.15) is 11.8 Å². The van der Waals surface area contributed by atoms with Crippen LogP contribution in [0.3, 0.4) is 0 Å². The third-order valence-electron chi connectivity index (χ3n) is 4.49. The lowest BCUT2D eigenvalue weighted by molar-refractivity contribution is 0.0244. The molecule has 4 unspecified atom stereocenters. The van der Waals surface area contributed by atoms with Gasteiger partial charge in [0.25, 0.3) is 0 Å². The summed E-state index contributed by atoms with van der Waals surface area (Å²) in [5.74, 6) is 2.27. The standard InChI is InChI=1S/C12H22O2S/c1-11(2)8-6-10(15-5-4-13)12(3,14)7-9(8)11/h8-10,13-14H,4-7H2,1-3H3. The minimum Gasteiger partial charge on any atom is -0.396 e. The molecular formula is C12H22O2S. The number of aliphatic hydroxyl groups excluding tert-OH is 1. The summed E-state index contributed by atoms with van der Waals surface area (Å²) in [5, 5.41) is 19.5. The summed E-state index contributed by atoms with van der Waals surface area (Å²) in [4.78, 5) is 0. The molecule has 0 heterocycles. The van der Waals surface area contributed by atoms with Crippen LogP contribution in [-0.4, -0.2) is 33.4 Å². The predicted octanol–water partition coefficient (Wildman–Crippen LogP) is 1.90. The van der Waals surface area contributed by atoms with E-state index in [1.807, 2.05) is 6.92 Å². The van der Waals surface area contributed by atoms with Gasteiger partial charge in [-0.1, -0.05) is 13.8 Å². The number of thioether (sulfide) groups is 1. The monoisotopic (exact) mass is 230 g/mol. The van der Waals surface area contributed by atoms with Crippen molar-refractivity contribution in [2.45, 2.75) is 44.5 Å². The summed E-state index contributed by atoms with van der Waals surface area (Å²) in [6.07, 6.45) is 2.06. The van der Waals surface area contributed by atoms with Gasteiger partial charge in [0.2, 0.25) is 0 Å². The molecule has 2 aliphatic rings. The van der Waals surface area contributed by atoms with Crippen molar-refractivity contribution in [1.82, 2.24) is 0 Å². The van der Waals surface area contributed by atoms with Gasteiger partial charge in [0, 0.05) is 11.0 Å². The fraction of sp³-hybridized carbons (Fsp3) is 1.00. The van der Waals surface area contributed by atoms with E-state index in [1.54, 1.807) is 11.8 Å². The number of rotatable bonds is 3. The van der Waals surface area contributed by atoms with Crippen LogP contribution < -0.4 is 0 Å². The van der Waals surface area contributed by atoms with Crippen molar-refractivity contribution in [3.05, 3.63) is 0 Å². The first-order valence-corrected chi connectivity index (χ1v) is 6.89. The zero-order valence-corrected chi connectivity index (χ0v) is 10.7. The highest BCUT2D eigenvalue weighted by Crippen LogP contribution is 2.67. The van der Waals surface area contributed by atoms with Gasteiger partial charge in [-0.3, -0.25) is 0 Å². The lowest BCUT2D eigenvalue weighted by atomic mass is 9.86. The normalized spacial score (nSPS) is 47.4. The van der Waals surface area contributed by atoms with Crippen LogP contribution in [0.5, 0.6) is 0 Å². The average molecular weight is 230 g/mol. The van der Waals surface area contributed by atoms with Crippen molar-refractivity contribution >= 4 is 11.8 Å². The van der Waals surface area contributed by atoms with Gasteiger partial charge in [-0.05, 0) is 37.0 Å². The molecule has 0 aliphatic heterocycles. The SMILES string of the molecule is CC1(O)CC2C(CC1SCCO)C2(C)C. The third kappa shape index (κ3) is 1.94. The van der Waals surface area contributed by atoms with Gasteiger partial charge < -0.3 is 10.2 Å². The first-order valence-electron chi connectivity index (χ1n) is 5.84. The molecule has 2 rings (SSSR count). The van der Waals surface area contributed by atoms with E-state index in [1.165, 1.54) is 0 Å². The van der Waals surface area contributed by atoms with Crippen LogP contribution in [0, 0.1) is 17.3 Å².